The summed E-state index contributed by atoms with van der Waals surface area (Å²) in [5.41, 5.74) is 5.44. The molecule has 1 rings (SSSR count). The van der Waals surface area contributed by atoms with Crippen LogP contribution < -0.4 is 11.1 Å². The van der Waals surface area contributed by atoms with Crippen LogP contribution in [0.1, 0.15) is 26.7 Å². The first-order valence-electron chi connectivity index (χ1n) is 4.77. The van der Waals surface area contributed by atoms with Crippen molar-refractivity contribution in [3.05, 3.63) is 0 Å². The summed E-state index contributed by atoms with van der Waals surface area (Å²) in [6, 6.07) is -0.180. The van der Waals surface area contributed by atoms with Gasteiger partial charge in [0.1, 0.15) is 0 Å². The molecule has 0 aromatic rings. The van der Waals surface area contributed by atoms with Crippen molar-refractivity contribution >= 4 is 5.91 Å². The molecule has 1 saturated heterocycles. The van der Waals surface area contributed by atoms with Crippen molar-refractivity contribution in [2.75, 3.05) is 6.61 Å². The van der Waals surface area contributed by atoms with Crippen molar-refractivity contribution in [2.24, 2.45) is 5.73 Å². The van der Waals surface area contributed by atoms with E-state index in [1.54, 1.807) is 6.92 Å². The summed E-state index contributed by atoms with van der Waals surface area (Å²) in [5.74, 6) is -0.0703. The molecule has 0 aliphatic carbocycles. The number of nitrogens with one attached hydrogen (secondary N) is 1. The van der Waals surface area contributed by atoms with Crippen LogP contribution in [-0.2, 0) is 9.53 Å². The molecule has 0 bridgehead atoms. The Hall–Kier alpha value is -0.610. The molecular weight excluding hydrogens is 168 g/mol. The molecule has 1 aliphatic rings. The maximum absolute atomic E-state index is 11.2. The Labute approximate surface area is 78.8 Å². The summed E-state index contributed by atoms with van der Waals surface area (Å²) >= 11 is 0. The number of hydrogen-bond acceptors (Lipinski definition) is 3. The molecule has 0 radical (unpaired) electrons. The Morgan fingerprint density at radius 1 is 1.69 bits per heavy atom. The van der Waals surface area contributed by atoms with Gasteiger partial charge < -0.3 is 15.8 Å². The van der Waals surface area contributed by atoms with Gasteiger partial charge in [-0.1, -0.05) is 0 Å². The molecule has 3 atom stereocenters. The van der Waals surface area contributed by atoms with Crippen LogP contribution in [0.15, 0.2) is 0 Å². The van der Waals surface area contributed by atoms with Gasteiger partial charge in [-0.3, -0.25) is 4.79 Å². The highest BCUT2D eigenvalue weighted by atomic mass is 16.5. The highest BCUT2D eigenvalue weighted by molar-refractivity contribution is 5.81. The molecule has 3 N–H and O–H groups in total. The maximum atomic E-state index is 11.2. The lowest BCUT2D eigenvalue weighted by atomic mass is 10.0. The maximum Gasteiger partial charge on any atom is 0.236 e. The van der Waals surface area contributed by atoms with Gasteiger partial charge in [0, 0.05) is 12.6 Å². The average Bonchev–Trinajstić information content (AvgIpc) is 2.04. The molecule has 1 fully saturated rings. The minimum Gasteiger partial charge on any atom is -0.378 e. The lowest BCUT2D eigenvalue weighted by molar-refractivity contribution is -0.123. The molecule has 1 amide bonds. The second-order valence-corrected chi connectivity index (χ2v) is 3.70. The number of rotatable bonds is 2. The molecule has 3 unspecified atom stereocenters. The van der Waals surface area contributed by atoms with Crippen LogP contribution in [0.3, 0.4) is 0 Å². The van der Waals surface area contributed by atoms with E-state index in [-0.39, 0.29) is 18.1 Å². The van der Waals surface area contributed by atoms with Crippen LogP contribution in [0, 0.1) is 0 Å². The average molecular weight is 186 g/mol. The van der Waals surface area contributed by atoms with Crippen LogP contribution in [0.25, 0.3) is 0 Å². The fraction of sp³-hybridized carbons (Fsp3) is 0.889. The lowest BCUT2D eigenvalue weighted by Gasteiger charge is -2.28. The Kier molecular flexibility index (Phi) is 3.69. The number of nitrogens with two attached hydrogens (primary N) is 1. The molecule has 4 nitrogen and oxygen atoms in total. The third kappa shape index (κ3) is 3.32. The van der Waals surface area contributed by atoms with Crippen molar-refractivity contribution in [3.63, 3.8) is 0 Å². The van der Waals surface area contributed by atoms with E-state index >= 15 is 0 Å². The molecule has 13 heavy (non-hydrogen) atoms. The summed E-state index contributed by atoms with van der Waals surface area (Å²) in [4.78, 5) is 11.2. The third-order valence-electron chi connectivity index (χ3n) is 2.25. The number of ether oxygens (including phenoxy) is 1. The summed E-state index contributed by atoms with van der Waals surface area (Å²) < 4.78 is 5.37. The van der Waals surface area contributed by atoms with Crippen molar-refractivity contribution in [3.8, 4) is 0 Å². The summed E-state index contributed by atoms with van der Waals surface area (Å²) in [5, 5.41) is 2.90. The SMILES string of the molecule is CC1CC(NC(=O)C(C)N)CCO1. The molecule has 0 spiro atoms. The van der Waals surface area contributed by atoms with Gasteiger partial charge in [-0.05, 0) is 26.7 Å². The van der Waals surface area contributed by atoms with Gasteiger partial charge in [0.15, 0.2) is 0 Å². The van der Waals surface area contributed by atoms with E-state index in [0.717, 1.165) is 19.4 Å². The summed E-state index contributed by atoms with van der Waals surface area (Å²) in [6.45, 7) is 4.44. The normalized spacial score (nSPS) is 31.0. The van der Waals surface area contributed by atoms with Crippen LogP contribution in [0.4, 0.5) is 0 Å². The van der Waals surface area contributed by atoms with Gasteiger partial charge in [0.2, 0.25) is 5.91 Å². The van der Waals surface area contributed by atoms with E-state index in [1.165, 1.54) is 0 Å². The van der Waals surface area contributed by atoms with E-state index in [2.05, 4.69) is 5.32 Å². The molecule has 0 saturated carbocycles. The molecular formula is C9H18N2O2. The molecule has 1 aliphatic heterocycles. The Bertz CT molecular complexity index is 182. The van der Waals surface area contributed by atoms with E-state index in [0.29, 0.717) is 0 Å². The first kappa shape index (κ1) is 10.5. The zero-order valence-electron chi connectivity index (χ0n) is 8.25. The van der Waals surface area contributed by atoms with Crippen molar-refractivity contribution in [1.29, 1.82) is 0 Å². The van der Waals surface area contributed by atoms with Gasteiger partial charge in [-0.2, -0.15) is 0 Å². The quantitative estimate of drug-likeness (QED) is 0.639. The fourth-order valence-electron chi connectivity index (χ4n) is 1.46. The first-order valence-corrected chi connectivity index (χ1v) is 4.77. The van der Waals surface area contributed by atoms with Crippen LogP contribution in [0.5, 0.6) is 0 Å². The first-order chi connectivity index (χ1) is 6.09. The number of amides is 1. The number of carbonyl (C=O) groups excluding carboxylic acids is 1. The second kappa shape index (κ2) is 4.58. The fourth-order valence-corrected chi connectivity index (χ4v) is 1.46. The van der Waals surface area contributed by atoms with Gasteiger partial charge in [-0.25, -0.2) is 0 Å². The van der Waals surface area contributed by atoms with E-state index in [9.17, 15) is 4.79 Å². The largest absolute Gasteiger partial charge is 0.378 e. The third-order valence-corrected chi connectivity index (χ3v) is 2.25. The monoisotopic (exact) mass is 186 g/mol. The summed E-state index contributed by atoms with van der Waals surface area (Å²) in [7, 11) is 0. The number of hydrogen-bond donors (Lipinski definition) is 2. The zero-order valence-corrected chi connectivity index (χ0v) is 8.25. The van der Waals surface area contributed by atoms with Crippen LogP contribution in [-0.4, -0.2) is 30.7 Å². The van der Waals surface area contributed by atoms with Gasteiger partial charge >= 0.3 is 0 Å². The predicted octanol–water partition coefficient (Wildman–Crippen LogP) is 0.0173. The van der Waals surface area contributed by atoms with E-state index < -0.39 is 6.04 Å². The Morgan fingerprint density at radius 3 is 2.92 bits per heavy atom. The van der Waals surface area contributed by atoms with Gasteiger partial charge in [0.05, 0.1) is 12.1 Å². The van der Waals surface area contributed by atoms with Crippen molar-refractivity contribution in [2.45, 2.75) is 44.9 Å². The standard InChI is InChI=1S/C9H18N2O2/c1-6-5-8(3-4-13-6)11-9(12)7(2)10/h6-8H,3-5,10H2,1-2H3,(H,11,12). The van der Waals surface area contributed by atoms with E-state index in [4.69, 9.17) is 10.5 Å². The molecule has 4 heteroatoms. The minimum atomic E-state index is -0.418. The predicted molar refractivity (Wildman–Crippen MR) is 50.2 cm³/mol. The minimum absolute atomic E-state index is 0.0703. The highest BCUT2D eigenvalue weighted by Gasteiger charge is 2.21. The molecule has 1 heterocycles. The molecule has 76 valence electrons. The Morgan fingerprint density at radius 2 is 2.38 bits per heavy atom. The highest BCUT2D eigenvalue weighted by Crippen LogP contribution is 2.12. The molecule has 0 aromatic carbocycles. The smallest absolute Gasteiger partial charge is 0.236 e. The molecule has 0 aromatic heterocycles. The Balaban J connectivity index is 2.31. The van der Waals surface area contributed by atoms with Crippen LogP contribution in [0.2, 0.25) is 0 Å². The van der Waals surface area contributed by atoms with Gasteiger partial charge in [-0.15, -0.1) is 0 Å². The van der Waals surface area contributed by atoms with Crippen LogP contribution >= 0.6 is 0 Å². The second-order valence-electron chi connectivity index (χ2n) is 3.70. The van der Waals surface area contributed by atoms with Crippen molar-refractivity contribution < 1.29 is 9.53 Å². The summed E-state index contributed by atoms with van der Waals surface area (Å²) in [6.07, 6.45) is 2.02. The lowest BCUT2D eigenvalue weighted by Crippen LogP contribution is -2.47. The zero-order chi connectivity index (χ0) is 9.84. The van der Waals surface area contributed by atoms with Gasteiger partial charge in [0.25, 0.3) is 0 Å². The van der Waals surface area contributed by atoms with Crippen molar-refractivity contribution in [1.82, 2.24) is 5.32 Å². The topological polar surface area (TPSA) is 64.4 Å². The number of carbonyl (C=O) groups is 1. The van der Waals surface area contributed by atoms with E-state index in [1.807, 2.05) is 6.92 Å².